The van der Waals surface area contributed by atoms with Crippen LogP contribution in [-0.2, 0) is 7.05 Å². The lowest BCUT2D eigenvalue weighted by molar-refractivity contribution is 0.756. The summed E-state index contributed by atoms with van der Waals surface area (Å²) in [7, 11) is 1.85. The lowest BCUT2D eigenvalue weighted by atomic mass is 10.1. The van der Waals surface area contributed by atoms with Crippen LogP contribution in [0.25, 0.3) is 11.3 Å². The molecule has 2 N–H and O–H groups in total. The second-order valence-corrected chi connectivity index (χ2v) is 3.54. The van der Waals surface area contributed by atoms with E-state index in [4.69, 9.17) is 11.0 Å². The maximum Gasteiger partial charge on any atom is 0.142 e. The largest absolute Gasteiger partial charge is 0.383 e. The smallest absolute Gasteiger partial charge is 0.142 e. The molecule has 0 unspecified atom stereocenters. The highest BCUT2D eigenvalue weighted by molar-refractivity contribution is 5.64. The molecule has 0 saturated carbocycles. The van der Waals surface area contributed by atoms with Crippen LogP contribution in [0.3, 0.4) is 0 Å². The quantitative estimate of drug-likeness (QED) is 0.772. The fraction of sp³-hybridized carbons (Fsp3) is 0.182. The van der Waals surface area contributed by atoms with Crippen LogP contribution >= 0.6 is 0 Å². The van der Waals surface area contributed by atoms with E-state index in [0.717, 1.165) is 17.0 Å². The third-order valence-corrected chi connectivity index (χ3v) is 2.33. The summed E-state index contributed by atoms with van der Waals surface area (Å²) in [6.45, 7) is 1.91. The Hall–Kier alpha value is -2.35. The predicted molar refractivity (Wildman–Crippen MR) is 60.3 cm³/mol. The normalized spacial score (nSPS) is 10.1. The molecule has 0 aliphatic rings. The van der Waals surface area contributed by atoms with Crippen molar-refractivity contribution in [3.63, 3.8) is 0 Å². The van der Waals surface area contributed by atoms with E-state index in [-0.39, 0.29) is 5.82 Å². The fourth-order valence-electron chi connectivity index (χ4n) is 1.57. The van der Waals surface area contributed by atoms with Gasteiger partial charge < -0.3 is 5.73 Å². The number of anilines is 1. The van der Waals surface area contributed by atoms with Gasteiger partial charge in [0.15, 0.2) is 0 Å². The average Bonchev–Trinajstić information content (AvgIpc) is 2.58. The van der Waals surface area contributed by atoms with Gasteiger partial charge in [0.2, 0.25) is 0 Å². The summed E-state index contributed by atoms with van der Waals surface area (Å²) >= 11 is 0. The number of nitriles is 1. The Balaban J connectivity index is 2.54. The first-order valence-electron chi connectivity index (χ1n) is 4.79. The Bertz CT molecular complexity index is 577. The first kappa shape index (κ1) is 10.2. The van der Waals surface area contributed by atoms with Gasteiger partial charge in [0.1, 0.15) is 11.9 Å². The minimum absolute atomic E-state index is 0.253. The van der Waals surface area contributed by atoms with Gasteiger partial charge in [0.05, 0.1) is 17.0 Å². The molecule has 0 atom stereocenters. The van der Waals surface area contributed by atoms with Gasteiger partial charge in [-0.3, -0.25) is 4.68 Å². The van der Waals surface area contributed by atoms with Gasteiger partial charge in [-0.15, -0.1) is 0 Å². The van der Waals surface area contributed by atoms with Crippen LogP contribution in [0.5, 0.6) is 0 Å². The Morgan fingerprint density at radius 3 is 2.69 bits per heavy atom. The van der Waals surface area contributed by atoms with Gasteiger partial charge in [-0.2, -0.15) is 10.4 Å². The lowest BCUT2D eigenvalue weighted by Crippen LogP contribution is -1.96. The fourth-order valence-corrected chi connectivity index (χ4v) is 1.57. The molecule has 0 aliphatic carbocycles. The van der Waals surface area contributed by atoms with E-state index in [9.17, 15) is 0 Å². The number of nitrogens with zero attached hydrogens (tertiary/aromatic N) is 4. The molecule has 0 amide bonds. The second-order valence-electron chi connectivity index (χ2n) is 3.54. The van der Waals surface area contributed by atoms with Crippen LogP contribution in [0.4, 0.5) is 5.82 Å². The SMILES string of the molecule is Cc1nn(C)cc1-c1ccc(C#N)c(N)n1. The van der Waals surface area contributed by atoms with Gasteiger partial charge in [0, 0.05) is 18.8 Å². The molecule has 2 rings (SSSR count). The third kappa shape index (κ3) is 1.61. The number of aryl methyl sites for hydroxylation is 2. The van der Waals surface area contributed by atoms with Crippen molar-refractivity contribution in [2.24, 2.45) is 7.05 Å². The first-order valence-corrected chi connectivity index (χ1v) is 4.79. The Labute approximate surface area is 93.1 Å². The molecular formula is C11H11N5. The highest BCUT2D eigenvalue weighted by Gasteiger charge is 2.09. The van der Waals surface area contributed by atoms with E-state index in [1.54, 1.807) is 16.8 Å². The average molecular weight is 213 g/mol. The van der Waals surface area contributed by atoms with Crippen LogP contribution in [0, 0.1) is 18.3 Å². The van der Waals surface area contributed by atoms with Gasteiger partial charge in [0.25, 0.3) is 0 Å². The summed E-state index contributed by atoms with van der Waals surface area (Å²) in [6.07, 6.45) is 1.88. The molecular weight excluding hydrogens is 202 g/mol. The molecule has 2 aromatic rings. The second kappa shape index (κ2) is 3.66. The van der Waals surface area contributed by atoms with Crippen molar-refractivity contribution in [2.45, 2.75) is 6.92 Å². The van der Waals surface area contributed by atoms with Gasteiger partial charge in [-0.05, 0) is 19.1 Å². The van der Waals surface area contributed by atoms with Gasteiger partial charge >= 0.3 is 0 Å². The number of hydrogen-bond acceptors (Lipinski definition) is 4. The molecule has 0 spiro atoms. The number of nitrogens with two attached hydrogens (primary N) is 1. The monoisotopic (exact) mass is 213 g/mol. The van der Waals surface area contributed by atoms with E-state index in [1.165, 1.54) is 0 Å². The molecule has 0 fully saturated rings. The maximum absolute atomic E-state index is 8.75. The van der Waals surface area contributed by atoms with Crippen molar-refractivity contribution in [2.75, 3.05) is 5.73 Å². The molecule has 0 aliphatic heterocycles. The standard InChI is InChI=1S/C11H11N5/c1-7-9(6-16(2)15-7)10-4-3-8(5-12)11(13)14-10/h3-4,6H,1-2H3,(H2,13,14). The van der Waals surface area contributed by atoms with E-state index in [1.807, 2.05) is 26.2 Å². The van der Waals surface area contributed by atoms with Crippen molar-refractivity contribution < 1.29 is 0 Å². The molecule has 0 bridgehead atoms. The van der Waals surface area contributed by atoms with Crippen LogP contribution in [0.1, 0.15) is 11.3 Å². The predicted octanol–water partition coefficient (Wildman–Crippen LogP) is 1.24. The van der Waals surface area contributed by atoms with Gasteiger partial charge in [-0.25, -0.2) is 4.98 Å². The number of aromatic nitrogens is 3. The number of pyridine rings is 1. The number of nitrogen functional groups attached to an aromatic ring is 1. The molecule has 5 nitrogen and oxygen atoms in total. The highest BCUT2D eigenvalue weighted by atomic mass is 15.2. The molecule has 16 heavy (non-hydrogen) atoms. The summed E-state index contributed by atoms with van der Waals surface area (Å²) < 4.78 is 1.72. The van der Waals surface area contributed by atoms with Crippen molar-refractivity contribution >= 4 is 5.82 Å². The lowest BCUT2D eigenvalue weighted by Gasteiger charge is -2.01. The minimum Gasteiger partial charge on any atom is -0.383 e. The van der Waals surface area contributed by atoms with Gasteiger partial charge in [-0.1, -0.05) is 0 Å². The van der Waals surface area contributed by atoms with Crippen LogP contribution in [0.15, 0.2) is 18.3 Å². The van der Waals surface area contributed by atoms with Crippen LogP contribution < -0.4 is 5.73 Å². The maximum atomic E-state index is 8.75. The number of rotatable bonds is 1. The topological polar surface area (TPSA) is 80.5 Å². The first-order chi connectivity index (χ1) is 7.61. The van der Waals surface area contributed by atoms with Crippen molar-refractivity contribution in [3.8, 4) is 17.3 Å². The molecule has 5 heteroatoms. The summed E-state index contributed by atoms with van der Waals surface area (Å²) in [5.74, 6) is 0.253. The summed E-state index contributed by atoms with van der Waals surface area (Å²) in [5, 5.41) is 13.0. The van der Waals surface area contributed by atoms with E-state index >= 15 is 0 Å². The zero-order chi connectivity index (χ0) is 11.7. The van der Waals surface area contributed by atoms with E-state index in [0.29, 0.717) is 5.56 Å². The van der Waals surface area contributed by atoms with E-state index < -0.39 is 0 Å². The molecule has 2 aromatic heterocycles. The van der Waals surface area contributed by atoms with Crippen molar-refractivity contribution in [3.05, 3.63) is 29.6 Å². The molecule has 0 radical (unpaired) electrons. The minimum atomic E-state index is 0.253. The molecule has 0 aromatic carbocycles. The van der Waals surface area contributed by atoms with Crippen LogP contribution in [-0.4, -0.2) is 14.8 Å². The third-order valence-electron chi connectivity index (χ3n) is 2.33. The van der Waals surface area contributed by atoms with Crippen molar-refractivity contribution in [1.82, 2.24) is 14.8 Å². The summed E-state index contributed by atoms with van der Waals surface area (Å²) in [4.78, 5) is 4.19. The Morgan fingerprint density at radius 1 is 1.44 bits per heavy atom. The number of hydrogen-bond donors (Lipinski definition) is 1. The summed E-state index contributed by atoms with van der Waals surface area (Å²) in [6, 6.07) is 5.43. The Kier molecular flexibility index (Phi) is 2.33. The van der Waals surface area contributed by atoms with Crippen molar-refractivity contribution in [1.29, 1.82) is 5.26 Å². The molecule has 2 heterocycles. The zero-order valence-corrected chi connectivity index (χ0v) is 9.10. The zero-order valence-electron chi connectivity index (χ0n) is 9.10. The highest BCUT2D eigenvalue weighted by Crippen LogP contribution is 2.22. The Morgan fingerprint density at radius 2 is 2.19 bits per heavy atom. The van der Waals surface area contributed by atoms with Crippen LogP contribution in [0.2, 0.25) is 0 Å². The molecule has 0 saturated heterocycles. The van der Waals surface area contributed by atoms with E-state index in [2.05, 4.69) is 10.1 Å². The summed E-state index contributed by atoms with van der Waals surface area (Å²) in [5.41, 5.74) is 8.61. The molecule has 80 valence electrons.